The van der Waals surface area contributed by atoms with Gasteiger partial charge in [0.15, 0.2) is 0 Å². The number of aliphatic hydroxyl groups is 1. The highest BCUT2D eigenvalue weighted by Gasteiger charge is 2.28. The fourth-order valence-corrected chi connectivity index (χ4v) is 3.09. The van der Waals surface area contributed by atoms with Crippen LogP contribution in [0.3, 0.4) is 0 Å². The maximum absolute atomic E-state index is 13.5. The van der Waals surface area contributed by atoms with Gasteiger partial charge in [0, 0.05) is 30.2 Å². The lowest BCUT2D eigenvalue weighted by atomic mass is 10.2. The predicted molar refractivity (Wildman–Crippen MR) is 81.7 cm³/mol. The Labute approximate surface area is 128 Å². The van der Waals surface area contributed by atoms with E-state index in [9.17, 15) is 14.3 Å². The number of nitrogens with zero attached hydrogens (tertiary/aromatic N) is 2. The summed E-state index contributed by atoms with van der Waals surface area (Å²) < 4.78 is 15.3. The molecule has 116 valence electrons. The van der Waals surface area contributed by atoms with E-state index in [0.717, 1.165) is 11.4 Å². The Morgan fingerprint density at radius 2 is 2.09 bits per heavy atom. The smallest absolute Gasteiger partial charge is 0.255 e. The molecule has 5 heteroatoms. The van der Waals surface area contributed by atoms with Gasteiger partial charge in [0.05, 0.1) is 11.7 Å². The number of carbonyl (C=O) groups is 1. The van der Waals surface area contributed by atoms with E-state index in [4.69, 9.17) is 0 Å². The molecule has 1 N–H and O–H groups in total. The number of aryl methyl sites for hydroxylation is 1. The van der Waals surface area contributed by atoms with Crippen molar-refractivity contribution in [3.8, 4) is 5.69 Å². The summed E-state index contributed by atoms with van der Waals surface area (Å²) in [6.45, 7) is 4.71. The number of aromatic nitrogens is 1. The van der Waals surface area contributed by atoms with Crippen molar-refractivity contribution < 1.29 is 14.3 Å². The molecule has 0 radical (unpaired) electrons. The minimum absolute atomic E-state index is 0.0766. The zero-order chi connectivity index (χ0) is 15.9. The average Bonchev–Trinajstić information content (AvgIpc) is 3.02. The number of carbonyl (C=O) groups excluding carboxylic acids is 1. The highest BCUT2D eigenvalue weighted by Crippen LogP contribution is 2.24. The highest BCUT2D eigenvalue weighted by atomic mass is 19.1. The molecule has 0 saturated carbocycles. The summed E-state index contributed by atoms with van der Waals surface area (Å²) in [5.41, 5.74) is 2.98. The van der Waals surface area contributed by atoms with Gasteiger partial charge in [0.25, 0.3) is 5.91 Å². The predicted octanol–water partition coefficient (Wildman–Crippen LogP) is 2.44. The fraction of sp³-hybridized carbons (Fsp3) is 0.353. The second-order valence-electron chi connectivity index (χ2n) is 5.79. The molecule has 0 spiro atoms. The molecule has 4 nitrogen and oxygen atoms in total. The van der Waals surface area contributed by atoms with Crippen molar-refractivity contribution in [1.82, 2.24) is 9.47 Å². The number of halogens is 1. The third-order valence-corrected chi connectivity index (χ3v) is 4.18. The number of hydrogen-bond donors (Lipinski definition) is 1. The molecule has 1 aliphatic rings. The molecule has 0 unspecified atom stereocenters. The first-order chi connectivity index (χ1) is 10.5. The van der Waals surface area contributed by atoms with Crippen LogP contribution in [0, 0.1) is 19.7 Å². The molecule has 1 aromatic heterocycles. The number of β-amino-alcohol motifs (C(OH)–C–C–N with tert-alkyl or cyclic N) is 1. The number of likely N-dealkylation sites (tertiary alicyclic amines) is 1. The van der Waals surface area contributed by atoms with E-state index in [-0.39, 0.29) is 11.7 Å². The van der Waals surface area contributed by atoms with Crippen LogP contribution in [0.5, 0.6) is 0 Å². The molecule has 1 atom stereocenters. The van der Waals surface area contributed by atoms with E-state index in [1.54, 1.807) is 11.0 Å². The van der Waals surface area contributed by atoms with Crippen molar-refractivity contribution in [2.45, 2.75) is 26.4 Å². The molecule has 1 aromatic carbocycles. The summed E-state index contributed by atoms with van der Waals surface area (Å²) in [7, 11) is 0. The second-order valence-corrected chi connectivity index (χ2v) is 5.79. The largest absolute Gasteiger partial charge is 0.391 e. The Bertz CT molecular complexity index is 723. The second kappa shape index (κ2) is 5.57. The van der Waals surface area contributed by atoms with Crippen LogP contribution in [0.4, 0.5) is 4.39 Å². The fourth-order valence-electron chi connectivity index (χ4n) is 3.09. The van der Waals surface area contributed by atoms with Crippen molar-refractivity contribution >= 4 is 5.91 Å². The Kier molecular flexibility index (Phi) is 3.74. The molecule has 22 heavy (non-hydrogen) atoms. The monoisotopic (exact) mass is 302 g/mol. The molecule has 1 amide bonds. The Morgan fingerprint density at radius 3 is 2.73 bits per heavy atom. The van der Waals surface area contributed by atoms with Crippen molar-refractivity contribution in [3.05, 3.63) is 53.1 Å². The summed E-state index contributed by atoms with van der Waals surface area (Å²) in [5, 5.41) is 9.59. The van der Waals surface area contributed by atoms with Crippen LogP contribution in [0.25, 0.3) is 5.69 Å². The highest BCUT2D eigenvalue weighted by molar-refractivity contribution is 5.96. The Balaban J connectivity index is 1.98. The molecular weight excluding hydrogens is 283 g/mol. The van der Waals surface area contributed by atoms with Gasteiger partial charge in [-0.25, -0.2) is 4.39 Å². The standard InChI is InChI=1S/C17H19FN2O2/c1-11-8-16(17(22)19-7-6-15(21)10-19)12(2)20(11)14-5-3-4-13(18)9-14/h3-5,8-9,15,21H,6-7,10H2,1-2H3/t15-/m1/s1. The lowest BCUT2D eigenvalue weighted by Gasteiger charge is -2.16. The zero-order valence-corrected chi connectivity index (χ0v) is 12.7. The molecule has 2 heterocycles. The Hall–Kier alpha value is -2.14. The van der Waals surface area contributed by atoms with Crippen molar-refractivity contribution in [1.29, 1.82) is 0 Å². The number of benzene rings is 1. The third-order valence-electron chi connectivity index (χ3n) is 4.18. The first kappa shape index (κ1) is 14.8. The van der Waals surface area contributed by atoms with Gasteiger partial charge in [-0.15, -0.1) is 0 Å². The first-order valence-corrected chi connectivity index (χ1v) is 7.39. The van der Waals surface area contributed by atoms with Crippen molar-refractivity contribution in [2.24, 2.45) is 0 Å². The van der Waals surface area contributed by atoms with E-state index in [2.05, 4.69) is 0 Å². The molecule has 0 bridgehead atoms. The first-order valence-electron chi connectivity index (χ1n) is 7.39. The molecule has 0 aliphatic carbocycles. The maximum atomic E-state index is 13.5. The third kappa shape index (κ3) is 2.52. The van der Waals surface area contributed by atoms with Gasteiger partial charge in [0.2, 0.25) is 0 Å². The number of amides is 1. The van der Waals surface area contributed by atoms with E-state index in [0.29, 0.717) is 30.8 Å². The minimum atomic E-state index is -0.435. The van der Waals surface area contributed by atoms with Crippen LogP contribution < -0.4 is 0 Å². The van der Waals surface area contributed by atoms with Crippen LogP contribution in [0.15, 0.2) is 30.3 Å². The number of rotatable bonds is 2. The summed E-state index contributed by atoms with van der Waals surface area (Å²) in [4.78, 5) is 14.3. The van der Waals surface area contributed by atoms with Gasteiger partial charge in [-0.05, 0) is 44.5 Å². The van der Waals surface area contributed by atoms with E-state index in [1.165, 1.54) is 12.1 Å². The van der Waals surface area contributed by atoms with E-state index >= 15 is 0 Å². The number of aliphatic hydroxyl groups excluding tert-OH is 1. The van der Waals surface area contributed by atoms with Gasteiger partial charge in [-0.1, -0.05) is 6.07 Å². The van der Waals surface area contributed by atoms with Gasteiger partial charge >= 0.3 is 0 Å². The lowest BCUT2D eigenvalue weighted by molar-refractivity contribution is 0.0764. The maximum Gasteiger partial charge on any atom is 0.255 e. The summed E-state index contributed by atoms with van der Waals surface area (Å²) in [6, 6.07) is 8.15. The molecule has 1 fully saturated rings. The van der Waals surface area contributed by atoms with Gasteiger partial charge in [0.1, 0.15) is 5.82 Å². The summed E-state index contributed by atoms with van der Waals surface area (Å²) in [5.74, 6) is -0.382. The van der Waals surface area contributed by atoms with Gasteiger partial charge < -0.3 is 14.6 Å². The van der Waals surface area contributed by atoms with Gasteiger partial charge in [-0.3, -0.25) is 4.79 Å². The minimum Gasteiger partial charge on any atom is -0.391 e. The van der Waals surface area contributed by atoms with Crippen molar-refractivity contribution in [2.75, 3.05) is 13.1 Å². The topological polar surface area (TPSA) is 45.5 Å². The van der Waals surface area contributed by atoms with E-state index < -0.39 is 6.10 Å². The Morgan fingerprint density at radius 1 is 1.32 bits per heavy atom. The van der Waals surface area contributed by atoms with Crippen LogP contribution in [-0.2, 0) is 0 Å². The zero-order valence-electron chi connectivity index (χ0n) is 12.7. The van der Waals surface area contributed by atoms with Crippen LogP contribution in [-0.4, -0.2) is 39.7 Å². The summed E-state index contributed by atoms with van der Waals surface area (Å²) in [6.07, 6.45) is 0.185. The van der Waals surface area contributed by atoms with Crippen LogP contribution in [0.2, 0.25) is 0 Å². The van der Waals surface area contributed by atoms with Crippen LogP contribution >= 0.6 is 0 Å². The SMILES string of the molecule is Cc1cc(C(=O)N2CC[C@@H](O)C2)c(C)n1-c1cccc(F)c1. The van der Waals surface area contributed by atoms with E-state index in [1.807, 2.05) is 30.5 Å². The molecule has 1 aliphatic heterocycles. The number of hydrogen-bond acceptors (Lipinski definition) is 2. The summed E-state index contributed by atoms with van der Waals surface area (Å²) >= 11 is 0. The van der Waals surface area contributed by atoms with Gasteiger partial charge in [-0.2, -0.15) is 0 Å². The lowest BCUT2D eigenvalue weighted by Crippen LogP contribution is -2.29. The average molecular weight is 302 g/mol. The quantitative estimate of drug-likeness (QED) is 0.926. The molecule has 3 rings (SSSR count). The van der Waals surface area contributed by atoms with Crippen LogP contribution in [0.1, 0.15) is 28.2 Å². The molecular formula is C17H19FN2O2. The molecule has 2 aromatic rings. The normalized spacial score (nSPS) is 18.0. The molecule has 1 saturated heterocycles. The van der Waals surface area contributed by atoms with Crippen molar-refractivity contribution in [3.63, 3.8) is 0 Å².